The van der Waals surface area contributed by atoms with Crippen molar-refractivity contribution in [3.63, 3.8) is 0 Å². The molecule has 0 radical (unpaired) electrons. The Morgan fingerprint density at radius 1 is 0.935 bits per heavy atom. The second kappa shape index (κ2) is 10.00. The van der Waals surface area contributed by atoms with E-state index in [0.717, 1.165) is 31.2 Å². The molecule has 4 rings (SSSR count). The number of nitrogens with one attached hydrogen (secondary N) is 2. The number of rotatable bonds is 7. The monoisotopic (exact) mass is 415 g/mol. The van der Waals surface area contributed by atoms with Gasteiger partial charge in [-0.05, 0) is 67.1 Å². The van der Waals surface area contributed by atoms with Crippen molar-refractivity contribution in [2.75, 3.05) is 17.2 Å². The zero-order valence-electron chi connectivity index (χ0n) is 17.2. The second-order valence-corrected chi connectivity index (χ2v) is 7.56. The van der Waals surface area contributed by atoms with Gasteiger partial charge in [0.25, 0.3) is 11.8 Å². The lowest BCUT2D eigenvalue weighted by Gasteiger charge is -2.11. The third kappa shape index (κ3) is 5.77. The summed E-state index contributed by atoms with van der Waals surface area (Å²) in [5.74, 6) is 0.0492. The van der Waals surface area contributed by atoms with Crippen molar-refractivity contribution < 1.29 is 14.3 Å². The molecule has 6 heteroatoms. The maximum atomic E-state index is 12.7. The first-order chi connectivity index (χ1) is 15.2. The number of carbonyl (C=O) groups excluding carboxylic acids is 2. The minimum Gasteiger partial charge on any atom is -0.368 e. The molecule has 0 aliphatic carbocycles. The molecule has 2 amide bonds. The van der Waals surface area contributed by atoms with E-state index in [1.807, 2.05) is 30.3 Å². The van der Waals surface area contributed by atoms with Gasteiger partial charge in [-0.25, -0.2) is 4.98 Å². The van der Waals surface area contributed by atoms with Gasteiger partial charge in [0, 0.05) is 24.1 Å². The quantitative estimate of drug-likeness (QED) is 0.605. The minimum absolute atomic E-state index is 0.178. The van der Waals surface area contributed by atoms with E-state index in [1.165, 1.54) is 5.56 Å². The molecule has 1 aromatic heterocycles. The van der Waals surface area contributed by atoms with Crippen LogP contribution in [0.3, 0.4) is 0 Å². The fraction of sp³-hybridized carbons (Fsp3) is 0.240. The van der Waals surface area contributed by atoms with Gasteiger partial charge in [0.05, 0.1) is 0 Å². The smallest absolute Gasteiger partial charge is 0.256 e. The van der Waals surface area contributed by atoms with E-state index in [4.69, 9.17) is 4.74 Å². The molecule has 1 fully saturated rings. The molecule has 1 aliphatic rings. The Labute approximate surface area is 181 Å². The van der Waals surface area contributed by atoms with Crippen LogP contribution >= 0.6 is 0 Å². The predicted molar refractivity (Wildman–Crippen MR) is 120 cm³/mol. The summed E-state index contributed by atoms with van der Waals surface area (Å²) in [6, 6.07) is 21.0. The molecule has 0 bridgehead atoms. The normalized spacial score (nSPS) is 15.4. The fourth-order valence-electron chi connectivity index (χ4n) is 3.57. The number of hydrogen-bond donors (Lipinski definition) is 2. The Morgan fingerprint density at radius 3 is 2.58 bits per heavy atom. The number of ether oxygens (including phenoxy) is 1. The first-order valence-corrected chi connectivity index (χ1v) is 10.5. The van der Waals surface area contributed by atoms with E-state index in [2.05, 4.69) is 27.8 Å². The van der Waals surface area contributed by atoms with Gasteiger partial charge in [-0.15, -0.1) is 0 Å². The van der Waals surface area contributed by atoms with Gasteiger partial charge in [0.15, 0.2) is 0 Å². The molecule has 0 unspecified atom stereocenters. The summed E-state index contributed by atoms with van der Waals surface area (Å²) < 4.78 is 5.40. The van der Waals surface area contributed by atoms with E-state index in [1.54, 1.807) is 30.5 Å². The Balaban J connectivity index is 1.37. The summed E-state index contributed by atoms with van der Waals surface area (Å²) >= 11 is 0. The summed E-state index contributed by atoms with van der Waals surface area (Å²) in [4.78, 5) is 29.2. The largest absolute Gasteiger partial charge is 0.368 e. The molecule has 1 atom stereocenters. The van der Waals surface area contributed by atoms with Crippen molar-refractivity contribution in [3.8, 4) is 0 Å². The molecule has 0 spiro atoms. The number of benzene rings is 2. The van der Waals surface area contributed by atoms with Crippen LogP contribution in [-0.4, -0.2) is 29.5 Å². The fourth-order valence-corrected chi connectivity index (χ4v) is 3.57. The molecule has 1 aliphatic heterocycles. The molecule has 6 nitrogen and oxygen atoms in total. The van der Waals surface area contributed by atoms with Crippen molar-refractivity contribution in [1.29, 1.82) is 0 Å². The van der Waals surface area contributed by atoms with Crippen LogP contribution in [-0.2, 0) is 22.4 Å². The van der Waals surface area contributed by atoms with Crippen LogP contribution in [0.5, 0.6) is 0 Å². The summed E-state index contributed by atoms with van der Waals surface area (Å²) in [5.41, 5.74) is 3.39. The van der Waals surface area contributed by atoms with Gasteiger partial charge in [-0.1, -0.05) is 36.4 Å². The topological polar surface area (TPSA) is 80.3 Å². The number of nitrogens with zero attached hydrogens (tertiary/aromatic N) is 1. The molecule has 2 N–H and O–H groups in total. The van der Waals surface area contributed by atoms with Crippen LogP contribution < -0.4 is 10.6 Å². The number of aryl methyl sites for hydroxylation is 2. The van der Waals surface area contributed by atoms with Gasteiger partial charge in [0.1, 0.15) is 11.9 Å². The highest BCUT2D eigenvalue weighted by Gasteiger charge is 2.23. The van der Waals surface area contributed by atoms with Crippen LogP contribution in [0.25, 0.3) is 0 Å². The lowest BCUT2D eigenvalue weighted by atomic mass is 10.1. The SMILES string of the molecule is O=C(Nc1cc(CCc2ccccc2)ccn1)c1cccc(NC(=O)[C@H]2CCCO2)c1. The van der Waals surface area contributed by atoms with Crippen molar-refractivity contribution in [1.82, 2.24) is 4.98 Å². The predicted octanol–water partition coefficient (Wildman–Crippen LogP) is 4.24. The van der Waals surface area contributed by atoms with Crippen molar-refractivity contribution >= 4 is 23.3 Å². The lowest BCUT2D eigenvalue weighted by Crippen LogP contribution is -2.27. The van der Waals surface area contributed by atoms with E-state index in [9.17, 15) is 9.59 Å². The van der Waals surface area contributed by atoms with Crippen LogP contribution in [0.2, 0.25) is 0 Å². The molecule has 3 aromatic rings. The molecule has 1 saturated heterocycles. The van der Waals surface area contributed by atoms with Crippen LogP contribution in [0.1, 0.15) is 34.3 Å². The number of hydrogen-bond acceptors (Lipinski definition) is 4. The first kappa shape index (κ1) is 20.8. The number of aromatic nitrogens is 1. The van der Waals surface area contributed by atoms with Crippen LogP contribution in [0.4, 0.5) is 11.5 Å². The molecule has 2 aromatic carbocycles. The summed E-state index contributed by atoms with van der Waals surface area (Å²) in [7, 11) is 0. The Morgan fingerprint density at radius 2 is 1.77 bits per heavy atom. The van der Waals surface area contributed by atoms with Gasteiger partial charge in [-0.3, -0.25) is 9.59 Å². The van der Waals surface area contributed by atoms with Crippen molar-refractivity contribution in [2.45, 2.75) is 31.8 Å². The lowest BCUT2D eigenvalue weighted by molar-refractivity contribution is -0.124. The molecule has 31 heavy (non-hydrogen) atoms. The van der Waals surface area contributed by atoms with E-state index >= 15 is 0 Å². The summed E-state index contributed by atoms with van der Waals surface area (Å²) in [5, 5.41) is 5.67. The summed E-state index contributed by atoms with van der Waals surface area (Å²) in [6.45, 7) is 0.609. The summed E-state index contributed by atoms with van der Waals surface area (Å²) in [6.07, 6.45) is 4.68. The van der Waals surface area contributed by atoms with Crippen LogP contribution in [0, 0.1) is 0 Å². The molecule has 0 saturated carbocycles. The molecule has 2 heterocycles. The van der Waals surface area contributed by atoms with Crippen molar-refractivity contribution in [2.24, 2.45) is 0 Å². The van der Waals surface area contributed by atoms with Gasteiger partial charge < -0.3 is 15.4 Å². The third-order valence-corrected chi connectivity index (χ3v) is 5.23. The second-order valence-electron chi connectivity index (χ2n) is 7.56. The first-order valence-electron chi connectivity index (χ1n) is 10.5. The van der Waals surface area contributed by atoms with Crippen LogP contribution in [0.15, 0.2) is 72.9 Å². The molecular formula is C25H25N3O3. The highest BCUT2D eigenvalue weighted by atomic mass is 16.5. The third-order valence-electron chi connectivity index (χ3n) is 5.23. The minimum atomic E-state index is -0.416. The highest BCUT2D eigenvalue weighted by Crippen LogP contribution is 2.17. The molecular weight excluding hydrogens is 390 g/mol. The molecule has 158 valence electrons. The average molecular weight is 415 g/mol. The van der Waals surface area contributed by atoms with Crippen molar-refractivity contribution in [3.05, 3.63) is 89.6 Å². The van der Waals surface area contributed by atoms with Gasteiger partial charge in [-0.2, -0.15) is 0 Å². The van der Waals surface area contributed by atoms with Gasteiger partial charge >= 0.3 is 0 Å². The Bertz CT molecular complexity index is 1050. The standard InChI is InChI=1S/C25H25N3O3/c29-24(20-8-4-9-21(17-20)27-25(30)22-10-5-15-31-22)28-23-16-19(13-14-26-23)12-11-18-6-2-1-3-7-18/h1-4,6-9,13-14,16-17,22H,5,10-12,15H2,(H,27,30)(H,26,28,29)/t22-/m1/s1. The zero-order chi connectivity index (χ0) is 21.5. The number of pyridine rings is 1. The van der Waals surface area contributed by atoms with E-state index in [-0.39, 0.29) is 11.8 Å². The highest BCUT2D eigenvalue weighted by molar-refractivity contribution is 6.05. The zero-order valence-corrected chi connectivity index (χ0v) is 17.2. The van der Waals surface area contributed by atoms with E-state index in [0.29, 0.717) is 23.7 Å². The maximum absolute atomic E-state index is 12.7. The maximum Gasteiger partial charge on any atom is 0.256 e. The van der Waals surface area contributed by atoms with Gasteiger partial charge in [0.2, 0.25) is 0 Å². The number of anilines is 2. The Hall–Kier alpha value is -3.51. The Kier molecular flexibility index (Phi) is 6.69. The average Bonchev–Trinajstić information content (AvgIpc) is 3.34. The number of amides is 2. The number of carbonyl (C=O) groups is 2. The van der Waals surface area contributed by atoms with E-state index < -0.39 is 6.10 Å².